The van der Waals surface area contributed by atoms with E-state index >= 15 is 0 Å². The van der Waals surface area contributed by atoms with Gasteiger partial charge in [-0.2, -0.15) is 0 Å². The fourth-order valence-corrected chi connectivity index (χ4v) is 1.01. The number of aliphatic hydroxyl groups is 3. The van der Waals surface area contributed by atoms with Gasteiger partial charge in [0.2, 0.25) is 0 Å². The summed E-state index contributed by atoms with van der Waals surface area (Å²) in [6.07, 6.45) is -5.40. The number of rotatable bonds is 1. The van der Waals surface area contributed by atoms with E-state index in [1.54, 1.807) is 0 Å². The van der Waals surface area contributed by atoms with Crippen molar-refractivity contribution in [3.8, 4) is 0 Å². The Balaban J connectivity index is 0.00000169. The quantitative estimate of drug-likeness (QED) is 0.330. The standard InChI is InChI=1S/C6H9NO6.K/c8-2-1(6(12)13)7-5(11)4(10)3(2)9;/h1-4,8-10H,(H,7,11)(H,12,13);/q;+1/p-1. The van der Waals surface area contributed by atoms with Crippen LogP contribution in [0.5, 0.6) is 0 Å². The van der Waals surface area contributed by atoms with E-state index in [1.165, 1.54) is 0 Å². The van der Waals surface area contributed by atoms with Crippen LogP contribution in [-0.4, -0.2) is 56.6 Å². The summed E-state index contributed by atoms with van der Waals surface area (Å²) in [5, 5.41) is 46.1. The zero-order valence-corrected chi connectivity index (χ0v) is 10.5. The molecule has 1 aliphatic heterocycles. The molecule has 7 nitrogen and oxygen atoms in total. The number of carboxylic acids is 1. The van der Waals surface area contributed by atoms with E-state index in [-0.39, 0.29) is 51.4 Å². The number of hydrogen-bond donors (Lipinski definition) is 4. The first kappa shape index (κ1) is 14.5. The summed E-state index contributed by atoms with van der Waals surface area (Å²) < 4.78 is 0. The van der Waals surface area contributed by atoms with Gasteiger partial charge >= 0.3 is 57.4 Å². The number of aliphatic imine (C=N–C) groups is 1. The molecule has 0 aromatic rings. The SMILES string of the molecule is O=C(O)C1N=C([O-])C(O)C(O)C1O.[K+]. The van der Waals surface area contributed by atoms with Crippen LogP contribution in [-0.2, 0) is 4.79 Å². The molecular formula is C6H8KNO6. The van der Waals surface area contributed by atoms with Gasteiger partial charge in [0.25, 0.3) is 0 Å². The molecule has 4 atom stereocenters. The molecule has 1 aliphatic rings. The van der Waals surface area contributed by atoms with Crippen molar-refractivity contribution in [3.63, 3.8) is 0 Å². The van der Waals surface area contributed by atoms with Gasteiger partial charge in [0.15, 0.2) is 6.04 Å². The van der Waals surface area contributed by atoms with Crippen LogP contribution >= 0.6 is 0 Å². The minimum Gasteiger partial charge on any atom is -0.860 e. The van der Waals surface area contributed by atoms with E-state index in [0.717, 1.165) is 0 Å². The maximum Gasteiger partial charge on any atom is 1.00 e. The molecular weight excluding hydrogens is 221 g/mol. The first-order valence-corrected chi connectivity index (χ1v) is 3.47. The van der Waals surface area contributed by atoms with Gasteiger partial charge in [-0.05, 0) is 5.90 Å². The van der Waals surface area contributed by atoms with Gasteiger partial charge in [-0.3, -0.25) is 4.99 Å². The molecule has 0 spiro atoms. The van der Waals surface area contributed by atoms with Crippen LogP contribution in [0.15, 0.2) is 4.99 Å². The van der Waals surface area contributed by atoms with Crippen LogP contribution in [0.25, 0.3) is 0 Å². The maximum atomic E-state index is 10.7. The molecule has 1 rings (SSSR count). The minimum atomic E-state index is -1.84. The number of aliphatic carboxylic acids is 1. The Kier molecular flexibility index (Phi) is 5.70. The number of carbonyl (C=O) groups is 1. The van der Waals surface area contributed by atoms with Crippen molar-refractivity contribution < 1.29 is 81.7 Å². The Bertz CT molecular complexity index is 257. The molecule has 1 heterocycles. The van der Waals surface area contributed by atoms with Crippen LogP contribution in [0.2, 0.25) is 0 Å². The molecule has 0 radical (unpaired) electrons. The first-order valence-electron chi connectivity index (χ1n) is 3.47. The second kappa shape index (κ2) is 5.52. The fourth-order valence-electron chi connectivity index (χ4n) is 1.01. The summed E-state index contributed by atoms with van der Waals surface area (Å²) in [4.78, 5) is 13.4. The van der Waals surface area contributed by atoms with Crippen molar-refractivity contribution in [3.05, 3.63) is 0 Å². The number of nitrogens with zero attached hydrogens (tertiary/aromatic N) is 1. The molecule has 14 heavy (non-hydrogen) atoms. The molecule has 0 amide bonds. The Labute approximate surface area is 122 Å². The normalized spacial score (nSPS) is 36.9. The number of carboxylic acid groups (broad SMARTS) is 1. The van der Waals surface area contributed by atoms with Crippen molar-refractivity contribution in [2.24, 2.45) is 4.99 Å². The summed E-state index contributed by atoms with van der Waals surface area (Å²) in [5.74, 6) is -2.66. The predicted octanol–water partition coefficient (Wildman–Crippen LogP) is -6.70. The fraction of sp³-hybridized carbons (Fsp3) is 0.667. The van der Waals surface area contributed by atoms with Gasteiger partial charge in [-0.1, -0.05) is 0 Å². The Morgan fingerprint density at radius 1 is 1.29 bits per heavy atom. The summed E-state index contributed by atoms with van der Waals surface area (Å²) in [6, 6.07) is -1.70. The third kappa shape index (κ3) is 2.73. The minimum absolute atomic E-state index is 0. The van der Waals surface area contributed by atoms with Gasteiger partial charge in [0.1, 0.15) is 18.3 Å². The molecule has 0 aromatic carbocycles. The number of aliphatic hydroxyl groups excluding tert-OH is 3. The Morgan fingerprint density at radius 2 is 1.79 bits per heavy atom. The zero-order valence-electron chi connectivity index (χ0n) is 7.36. The smallest absolute Gasteiger partial charge is 0.860 e. The van der Waals surface area contributed by atoms with E-state index in [2.05, 4.69) is 4.99 Å². The second-order valence-corrected chi connectivity index (χ2v) is 2.68. The molecule has 4 N–H and O–H groups in total. The first-order chi connectivity index (χ1) is 5.95. The van der Waals surface area contributed by atoms with Gasteiger partial charge in [0, 0.05) is 0 Å². The van der Waals surface area contributed by atoms with E-state index in [4.69, 9.17) is 20.4 Å². The molecule has 0 aromatic heterocycles. The van der Waals surface area contributed by atoms with Crippen molar-refractivity contribution in [2.45, 2.75) is 24.4 Å². The predicted molar refractivity (Wildman–Crippen MR) is 36.9 cm³/mol. The molecule has 4 unspecified atom stereocenters. The van der Waals surface area contributed by atoms with E-state index in [1.807, 2.05) is 0 Å². The van der Waals surface area contributed by atoms with Crippen LogP contribution in [0.3, 0.4) is 0 Å². The average Bonchev–Trinajstić information content (AvgIpc) is 2.07. The summed E-state index contributed by atoms with van der Waals surface area (Å²) in [7, 11) is 0. The zero-order chi connectivity index (χ0) is 10.2. The summed E-state index contributed by atoms with van der Waals surface area (Å²) >= 11 is 0. The van der Waals surface area contributed by atoms with Crippen molar-refractivity contribution >= 4 is 11.9 Å². The number of hydrogen-bond acceptors (Lipinski definition) is 6. The van der Waals surface area contributed by atoms with Crippen molar-refractivity contribution in [1.82, 2.24) is 0 Å². The van der Waals surface area contributed by atoms with Crippen LogP contribution in [0.1, 0.15) is 0 Å². The largest absolute Gasteiger partial charge is 1.00 e. The van der Waals surface area contributed by atoms with Crippen LogP contribution in [0.4, 0.5) is 0 Å². The molecule has 8 heteroatoms. The van der Waals surface area contributed by atoms with Crippen molar-refractivity contribution in [1.29, 1.82) is 0 Å². The van der Waals surface area contributed by atoms with Gasteiger partial charge in [0.05, 0.1) is 0 Å². The second-order valence-electron chi connectivity index (χ2n) is 2.68. The summed E-state index contributed by atoms with van der Waals surface area (Å²) in [6.45, 7) is 0. The van der Waals surface area contributed by atoms with Gasteiger partial charge in [-0.25, -0.2) is 4.79 Å². The van der Waals surface area contributed by atoms with E-state index < -0.39 is 36.2 Å². The molecule has 0 saturated carbocycles. The van der Waals surface area contributed by atoms with E-state index in [9.17, 15) is 9.90 Å². The molecule has 0 bridgehead atoms. The van der Waals surface area contributed by atoms with Crippen molar-refractivity contribution in [2.75, 3.05) is 0 Å². The molecule has 0 fully saturated rings. The maximum absolute atomic E-state index is 10.7. The molecule has 0 aliphatic carbocycles. The van der Waals surface area contributed by atoms with Gasteiger partial charge in [-0.15, -0.1) is 0 Å². The van der Waals surface area contributed by atoms with Crippen LogP contribution < -0.4 is 56.5 Å². The topological polar surface area (TPSA) is 133 Å². The summed E-state index contributed by atoms with van der Waals surface area (Å²) in [5.41, 5.74) is 0. The Morgan fingerprint density at radius 3 is 2.21 bits per heavy atom. The Hall–Kier alpha value is 0.456. The monoisotopic (exact) mass is 229 g/mol. The molecule has 74 valence electrons. The molecule has 0 saturated heterocycles. The van der Waals surface area contributed by atoms with E-state index in [0.29, 0.717) is 0 Å². The third-order valence-corrected chi connectivity index (χ3v) is 1.77. The van der Waals surface area contributed by atoms with Crippen LogP contribution in [0, 0.1) is 0 Å². The third-order valence-electron chi connectivity index (χ3n) is 1.77. The average molecular weight is 229 g/mol. The van der Waals surface area contributed by atoms with Gasteiger partial charge < -0.3 is 25.5 Å².